The summed E-state index contributed by atoms with van der Waals surface area (Å²) < 4.78 is 27.7. The average Bonchev–Trinajstić information content (AvgIpc) is 3.13. The fourth-order valence-corrected chi connectivity index (χ4v) is 4.28. The Kier molecular flexibility index (Phi) is 5.00. The molecule has 3 rings (SSSR count). The topological polar surface area (TPSA) is 88.5 Å². The summed E-state index contributed by atoms with van der Waals surface area (Å²) in [5.74, 6) is -0.399. The highest BCUT2D eigenvalue weighted by Gasteiger charge is 2.27. The Morgan fingerprint density at radius 3 is 2.40 bits per heavy atom. The van der Waals surface area contributed by atoms with Gasteiger partial charge in [0, 0.05) is 31.0 Å². The Morgan fingerprint density at radius 2 is 1.72 bits per heavy atom. The number of carbonyl (C=O) groups is 1. The Morgan fingerprint density at radius 1 is 1.04 bits per heavy atom. The van der Waals surface area contributed by atoms with Gasteiger partial charge >= 0.3 is 0 Å². The first-order chi connectivity index (χ1) is 12.0. The van der Waals surface area contributed by atoms with Crippen molar-refractivity contribution >= 4 is 21.6 Å². The molecule has 1 aliphatic heterocycles. The van der Waals surface area contributed by atoms with E-state index in [4.69, 9.17) is 0 Å². The Bertz CT molecular complexity index is 916. The molecular weight excluding hydrogens is 342 g/mol. The number of anilines is 1. The van der Waals surface area contributed by atoms with Crippen molar-refractivity contribution in [3.05, 3.63) is 59.0 Å². The first-order valence-corrected chi connectivity index (χ1v) is 9.46. The highest BCUT2D eigenvalue weighted by molar-refractivity contribution is 7.89. The molecule has 0 unspecified atom stereocenters. The Balaban J connectivity index is 1.80. The molecule has 2 aromatic rings. The van der Waals surface area contributed by atoms with Crippen molar-refractivity contribution < 1.29 is 13.2 Å². The third-order valence-electron chi connectivity index (χ3n) is 4.03. The van der Waals surface area contributed by atoms with Crippen LogP contribution in [-0.2, 0) is 21.4 Å². The largest absolute Gasteiger partial charge is 0.325 e. The van der Waals surface area contributed by atoms with E-state index in [2.05, 4.69) is 5.32 Å². The number of nitrogens with zero attached hydrogens (tertiary/aromatic N) is 2. The normalized spacial score (nSPS) is 15.2. The van der Waals surface area contributed by atoms with Crippen LogP contribution in [-0.4, -0.2) is 36.3 Å². The lowest BCUT2D eigenvalue weighted by Gasteiger charge is -2.16. The Labute approximate surface area is 145 Å². The second kappa shape index (κ2) is 7.20. The van der Waals surface area contributed by atoms with Crippen LogP contribution in [0.15, 0.2) is 58.4 Å². The first-order valence-electron chi connectivity index (χ1n) is 8.02. The third-order valence-corrected chi connectivity index (χ3v) is 5.91. The summed E-state index contributed by atoms with van der Waals surface area (Å²) in [6.45, 7) is 0.711. The molecular formula is C17H19N3O4S. The second-order valence-corrected chi connectivity index (χ2v) is 7.79. The van der Waals surface area contributed by atoms with Crippen LogP contribution in [0, 0.1) is 0 Å². The molecule has 7 nitrogen and oxygen atoms in total. The monoisotopic (exact) mass is 361 g/mol. The minimum absolute atomic E-state index is 0.0292. The van der Waals surface area contributed by atoms with Crippen LogP contribution in [0.25, 0.3) is 0 Å². The third kappa shape index (κ3) is 3.97. The zero-order valence-electron chi connectivity index (χ0n) is 13.6. The van der Waals surface area contributed by atoms with Crippen LogP contribution < -0.4 is 10.9 Å². The fraction of sp³-hybridized carbons (Fsp3) is 0.294. The van der Waals surface area contributed by atoms with E-state index in [9.17, 15) is 18.0 Å². The number of para-hydroxylation sites is 1. The quantitative estimate of drug-likeness (QED) is 0.869. The van der Waals surface area contributed by atoms with Gasteiger partial charge in [-0.1, -0.05) is 18.2 Å². The minimum Gasteiger partial charge on any atom is -0.325 e. The Hall–Kier alpha value is -2.45. The van der Waals surface area contributed by atoms with E-state index < -0.39 is 21.5 Å². The van der Waals surface area contributed by atoms with Crippen LogP contribution in [0.5, 0.6) is 0 Å². The van der Waals surface area contributed by atoms with Gasteiger partial charge in [-0.2, -0.15) is 4.31 Å². The lowest BCUT2D eigenvalue weighted by atomic mass is 10.3. The molecule has 0 saturated carbocycles. The van der Waals surface area contributed by atoms with E-state index in [1.807, 2.05) is 6.07 Å². The summed E-state index contributed by atoms with van der Waals surface area (Å²) >= 11 is 0. The maximum Gasteiger partial charge on any atom is 0.251 e. The van der Waals surface area contributed by atoms with Gasteiger partial charge in [0.1, 0.15) is 6.54 Å². The van der Waals surface area contributed by atoms with Gasteiger partial charge in [0.15, 0.2) is 0 Å². The van der Waals surface area contributed by atoms with E-state index in [-0.39, 0.29) is 11.4 Å². The van der Waals surface area contributed by atoms with E-state index in [1.54, 1.807) is 24.3 Å². The summed E-state index contributed by atoms with van der Waals surface area (Å²) in [5, 5.41) is 2.67. The predicted molar refractivity (Wildman–Crippen MR) is 93.8 cm³/mol. The number of aromatic nitrogens is 1. The van der Waals surface area contributed by atoms with Gasteiger partial charge < -0.3 is 9.88 Å². The highest BCUT2D eigenvalue weighted by atomic mass is 32.2. The van der Waals surface area contributed by atoms with Crippen molar-refractivity contribution in [2.75, 3.05) is 18.4 Å². The summed E-state index contributed by atoms with van der Waals surface area (Å²) in [5.41, 5.74) is 0.185. The molecule has 0 radical (unpaired) electrons. The maximum absolute atomic E-state index is 12.6. The van der Waals surface area contributed by atoms with Gasteiger partial charge in [-0.15, -0.1) is 0 Å². The molecule has 1 aromatic carbocycles. The molecule has 1 amide bonds. The highest BCUT2D eigenvalue weighted by Crippen LogP contribution is 2.19. The average molecular weight is 361 g/mol. The van der Waals surface area contributed by atoms with E-state index in [0.29, 0.717) is 18.8 Å². The van der Waals surface area contributed by atoms with Crippen LogP contribution in [0.2, 0.25) is 0 Å². The van der Waals surface area contributed by atoms with Crippen molar-refractivity contribution in [3.63, 3.8) is 0 Å². The summed E-state index contributed by atoms with van der Waals surface area (Å²) in [6.07, 6.45) is 2.90. The molecule has 8 heteroatoms. The maximum atomic E-state index is 12.6. The van der Waals surface area contributed by atoms with E-state index in [1.165, 1.54) is 22.6 Å². The lowest BCUT2D eigenvalue weighted by Crippen LogP contribution is -2.31. The standard InChI is InChI=1S/C17H19N3O4S/c21-16(18-14-6-2-1-3-7-14)13-19-12-15(8-9-17(19)22)25(23,24)20-10-4-5-11-20/h1-3,6-9,12H,4-5,10-11,13H2,(H,18,21). The van der Waals surface area contributed by atoms with Gasteiger partial charge in [0.25, 0.3) is 5.56 Å². The first kappa shape index (κ1) is 17.4. The van der Waals surface area contributed by atoms with Crippen molar-refractivity contribution in [1.29, 1.82) is 0 Å². The predicted octanol–water partition coefficient (Wildman–Crippen LogP) is 1.27. The molecule has 0 bridgehead atoms. The van der Waals surface area contributed by atoms with E-state index >= 15 is 0 Å². The minimum atomic E-state index is -3.63. The number of hydrogen-bond donors (Lipinski definition) is 1. The van der Waals surface area contributed by atoms with Gasteiger partial charge in [-0.25, -0.2) is 8.42 Å². The zero-order valence-corrected chi connectivity index (χ0v) is 14.4. The molecule has 1 aliphatic rings. The molecule has 0 spiro atoms. The van der Waals surface area contributed by atoms with Crippen molar-refractivity contribution in [2.24, 2.45) is 0 Å². The van der Waals surface area contributed by atoms with Crippen molar-refractivity contribution in [1.82, 2.24) is 8.87 Å². The molecule has 0 aliphatic carbocycles. The van der Waals surface area contributed by atoms with Gasteiger partial charge in [0.2, 0.25) is 15.9 Å². The zero-order chi connectivity index (χ0) is 17.9. The van der Waals surface area contributed by atoms with Crippen LogP contribution >= 0.6 is 0 Å². The summed E-state index contributed by atoms with van der Waals surface area (Å²) in [4.78, 5) is 24.1. The number of sulfonamides is 1. The van der Waals surface area contributed by atoms with E-state index in [0.717, 1.165) is 17.4 Å². The number of carbonyl (C=O) groups excluding carboxylic acids is 1. The summed E-state index contributed by atoms with van der Waals surface area (Å²) in [7, 11) is -3.63. The number of rotatable bonds is 5. The summed E-state index contributed by atoms with van der Waals surface area (Å²) in [6, 6.07) is 11.3. The number of amides is 1. The number of nitrogens with one attached hydrogen (secondary N) is 1. The molecule has 2 heterocycles. The molecule has 1 N–H and O–H groups in total. The SMILES string of the molecule is O=C(Cn1cc(S(=O)(=O)N2CCCC2)ccc1=O)Nc1ccccc1. The van der Waals surface area contributed by atoms with Gasteiger partial charge in [-0.3, -0.25) is 9.59 Å². The molecule has 132 valence electrons. The number of benzene rings is 1. The lowest BCUT2D eigenvalue weighted by molar-refractivity contribution is -0.116. The molecule has 1 fully saturated rings. The van der Waals surface area contributed by atoms with Crippen molar-refractivity contribution in [3.8, 4) is 0 Å². The fourth-order valence-electron chi connectivity index (χ4n) is 2.74. The van der Waals surface area contributed by atoms with Gasteiger partial charge in [0.05, 0.1) is 4.90 Å². The smallest absolute Gasteiger partial charge is 0.251 e. The van der Waals surface area contributed by atoms with Gasteiger partial charge in [-0.05, 0) is 31.0 Å². The van der Waals surface area contributed by atoms with Crippen LogP contribution in [0.1, 0.15) is 12.8 Å². The number of pyridine rings is 1. The van der Waals surface area contributed by atoms with Crippen LogP contribution in [0.4, 0.5) is 5.69 Å². The molecule has 1 saturated heterocycles. The molecule has 25 heavy (non-hydrogen) atoms. The van der Waals surface area contributed by atoms with Crippen molar-refractivity contribution in [2.45, 2.75) is 24.3 Å². The second-order valence-electron chi connectivity index (χ2n) is 5.86. The molecule has 0 atom stereocenters. The number of hydrogen-bond acceptors (Lipinski definition) is 4. The van der Waals surface area contributed by atoms with Crippen LogP contribution in [0.3, 0.4) is 0 Å². The molecule has 1 aromatic heterocycles.